The Balaban J connectivity index is 1.74. The summed E-state index contributed by atoms with van der Waals surface area (Å²) in [6, 6.07) is 1.94. The number of hydrogen-bond donors (Lipinski definition) is 2. The van der Waals surface area contributed by atoms with Crippen molar-refractivity contribution in [3.05, 3.63) is 28.5 Å². The second kappa shape index (κ2) is 6.48. The van der Waals surface area contributed by atoms with Gasteiger partial charge in [-0.3, -0.25) is 10.4 Å². The van der Waals surface area contributed by atoms with Crippen LogP contribution >= 0.6 is 11.3 Å². The van der Waals surface area contributed by atoms with Crippen LogP contribution < -0.4 is 5.32 Å². The molecular formula is C15H21N5OS. The Bertz CT molecular complexity index is 636. The van der Waals surface area contributed by atoms with Gasteiger partial charge in [0.2, 0.25) is 0 Å². The van der Waals surface area contributed by atoms with Crippen LogP contribution in [0.4, 0.5) is 9.93 Å². The number of hydrogen-bond acceptors (Lipinski definition) is 4. The zero-order chi connectivity index (χ0) is 15.5. The van der Waals surface area contributed by atoms with E-state index in [0.717, 1.165) is 43.6 Å². The lowest BCUT2D eigenvalue weighted by Crippen LogP contribution is -2.41. The van der Waals surface area contributed by atoms with Gasteiger partial charge in [-0.05, 0) is 38.7 Å². The number of likely N-dealkylation sites (tertiary alicyclic amines) is 1. The molecule has 1 atom stereocenters. The molecular weight excluding hydrogens is 298 g/mol. The van der Waals surface area contributed by atoms with Gasteiger partial charge in [-0.1, -0.05) is 6.92 Å². The van der Waals surface area contributed by atoms with E-state index in [-0.39, 0.29) is 12.1 Å². The number of rotatable bonds is 3. The van der Waals surface area contributed by atoms with E-state index in [1.165, 1.54) is 4.88 Å². The second-order valence-corrected chi connectivity index (χ2v) is 6.73. The Labute approximate surface area is 133 Å². The number of nitrogens with zero attached hydrogens (tertiary/aromatic N) is 3. The lowest BCUT2D eigenvalue weighted by atomic mass is 10.00. The van der Waals surface area contributed by atoms with Crippen LogP contribution in [0.3, 0.4) is 0 Å². The number of aromatic nitrogens is 3. The zero-order valence-electron chi connectivity index (χ0n) is 12.9. The molecule has 0 radical (unpaired) electrons. The fraction of sp³-hybridized carbons (Fsp3) is 0.533. The average molecular weight is 319 g/mol. The van der Waals surface area contributed by atoms with Gasteiger partial charge >= 0.3 is 6.03 Å². The molecule has 2 amide bonds. The minimum Gasteiger partial charge on any atom is -0.316 e. The molecule has 7 heteroatoms. The number of amides is 2. The molecule has 0 aromatic carbocycles. The molecule has 1 aliphatic heterocycles. The van der Waals surface area contributed by atoms with E-state index in [1.54, 1.807) is 17.5 Å². The van der Waals surface area contributed by atoms with E-state index >= 15 is 0 Å². The van der Waals surface area contributed by atoms with E-state index < -0.39 is 0 Å². The molecule has 0 saturated carbocycles. The highest BCUT2D eigenvalue weighted by atomic mass is 32.1. The van der Waals surface area contributed by atoms with Crippen molar-refractivity contribution in [2.24, 2.45) is 0 Å². The average Bonchev–Trinajstić information content (AvgIpc) is 3.17. The lowest BCUT2D eigenvalue weighted by molar-refractivity contribution is 0.161. The minimum absolute atomic E-state index is 0.0722. The first-order valence-electron chi connectivity index (χ1n) is 7.72. The summed E-state index contributed by atoms with van der Waals surface area (Å²) in [5, 5.41) is 10.6. The molecule has 1 fully saturated rings. The van der Waals surface area contributed by atoms with E-state index in [4.69, 9.17) is 0 Å². The number of aryl methyl sites for hydroxylation is 2. The number of carbonyl (C=O) groups is 1. The highest BCUT2D eigenvalue weighted by Crippen LogP contribution is 2.31. The van der Waals surface area contributed by atoms with Crippen LogP contribution in [0.1, 0.15) is 48.5 Å². The third-order valence-corrected chi connectivity index (χ3v) is 5.01. The van der Waals surface area contributed by atoms with E-state index in [1.807, 2.05) is 17.9 Å². The van der Waals surface area contributed by atoms with Crippen LogP contribution in [0.5, 0.6) is 0 Å². The Kier molecular flexibility index (Phi) is 4.42. The van der Waals surface area contributed by atoms with E-state index in [2.05, 4.69) is 27.4 Å². The quantitative estimate of drug-likeness (QED) is 0.909. The van der Waals surface area contributed by atoms with Gasteiger partial charge in [0.05, 0.1) is 17.4 Å². The van der Waals surface area contributed by atoms with Crippen molar-refractivity contribution in [2.45, 2.75) is 45.6 Å². The van der Waals surface area contributed by atoms with Gasteiger partial charge in [0, 0.05) is 17.6 Å². The second-order valence-electron chi connectivity index (χ2n) is 5.52. The molecule has 22 heavy (non-hydrogen) atoms. The summed E-state index contributed by atoms with van der Waals surface area (Å²) in [5.74, 6) is 0. The van der Waals surface area contributed by atoms with Crippen LogP contribution in [0, 0.1) is 6.92 Å². The van der Waals surface area contributed by atoms with Crippen molar-refractivity contribution in [3.8, 4) is 0 Å². The molecule has 2 aromatic heterocycles. The summed E-state index contributed by atoms with van der Waals surface area (Å²) in [5.41, 5.74) is 2.06. The Morgan fingerprint density at radius 3 is 3.09 bits per heavy atom. The molecule has 2 N–H and O–H groups in total. The summed E-state index contributed by atoms with van der Waals surface area (Å²) in [4.78, 5) is 20.2. The normalized spacial score (nSPS) is 18.5. The number of urea groups is 1. The van der Waals surface area contributed by atoms with Gasteiger partial charge < -0.3 is 4.90 Å². The van der Waals surface area contributed by atoms with Crippen LogP contribution in [-0.4, -0.2) is 32.7 Å². The van der Waals surface area contributed by atoms with Crippen LogP contribution in [0.15, 0.2) is 12.3 Å². The highest BCUT2D eigenvalue weighted by molar-refractivity contribution is 7.15. The highest BCUT2D eigenvalue weighted by Gasteiger charge is 2.29. The first-order valence-corrected chi connectivity index (χ1v) is 8.54. The summed E-state index contributed by atoms with van der Waals surface area (Å²) >= 11 is 1.54. The number of H-pyrrole nitrogens is 1. The van der Waals surface area contributed by atoms with Crippen LogP contribution in [0.2, 0.25) is 0 Å². The summed E-state index contributed by atoms with van der Waals surface area (Å²) in [7, 11) is 0. The Morgan fingerprint density at radius 2 is 2.41 bits per heavy atom. The first kappa shape index (κ1) is 15.0. The van der Waals surface area contributed by atoms with Crippen molar-refractivity contribution in [1.29, 1.82) is 0 Å². The molecule has 1 aliphatic rings. The predicted molar refractivity (Wildman–Crippen MR) is 87.1 cm³/mol. The molecule has 1 unspecified atom stereocenters. The smallest absolute Gasteiger partial charge is 0.316 e. The topological polar surface area (TPSA) is 73.9 Å². The fourth-order valence-corrected chi connectivity index (χ4v) is 3.81. The van der Waals surface area contributed by atoms with Gasteiger partial charge in [0.25, 0.3) is 0 Å². The Hall–Kier alpha value is -1.89. The largest absolute Gasteiger partial charge is 0.324 e. The molecule has 3 heterocycles. The molecule has 0 spiro atoms. The number of anilines is 1. The van der Waals surface area contributed by atoms with Crippen LogP contribution in [0.25, 0.3) is 0 Å². The fourth-order valence-electron chi connectivity index (χ4n) is 2.92. The van der Waals surface area contributed by atoms with E-state index in [9.17, 15) is 4.79 Å². The monoisotopic (exact) mass is 319 g/mol. The van der Waals surface area contributed by atoms with Gasteiger partial charge in [-0.15, -0.1) is 11.3 Å². The summed E-state index contributed by atoms with van der Waals surface area (Å²) < 4.78 is 0. The third-order valence-electron chi connectivity index (χ3n) is 4.09. The lowest BCUT2D eigenvalue weighted by Gasteiger charge is -2.34. The summed E-state index contributed by atoms with van der Waals surface area (Å²) in [6.07, 6.45) is 5.75. The predicted octanol–water partition coefficient (Wildman–Crippen LogP) is 3.50. The van der Waals surface area contributed by atoms with Crippen molar-refractivity contribution >= 4 is 22.5 Å². The summed E-state index contributed by atoms with van der Waals surface area (Å²) in [6.45, 7) is 4.88. The van der Waals surface area contributed by atoms with Crippen LogP contribution in [-0.2, 0) is 6.42 Å². The minimum atomic E-state index is -0.0734. The SMILES string of the molecule is CCc1nc(NC(=O)N2CCCCC2c2ccn[nH]2)sc1C. The molecule has 1 saturated heterocycles. The number of nitrogens with one attached hydrogen (secondary N) is 2. The molecule has 6 nitrogen and oxygen atoms in total. The molecule has 0 bridgehead atoms. The standard InChI is InChI=1S/C15H21N5OS/c1-3-11-10(2)22-14(17-11)18-15(21)20-9-5-4-6-13(20)12-7-8-16-19-12/h7-8,13H,3-6,9H2,1-2H3,(H,16,19)(H,17,18,21). The van der Waals surface area contributed by atoms with Gasteiger partial charge in [-0.25, -0.2) is 9.78 Å². The maximum atomic E-state index is 12.6. The molecule has 2 aromatic rings. The van der Waals surface area contributed by atoms with Crippen molar-refractivity contribution < 1.29 is 4.79 Å². The molecule has 3 rings (SSSR count). The Morgan fingerprint density at radius 1 is 1.55 bits per heavy atom. The number of piperidine rings is 1. The maximum Gasteiger partial charge on any atom is 0.324 e. The third kappa shape index (κ3) is 2.99. The first-order chi connectivity index (χ1) is 10.7. The zero-order valence-corrected chi connectivity index (χ0v) is 13.7. The van der Waals surface area contributed by atoms with Crippen molar-refractivity contribution in [2.75, 3.05) is 11.9 Å². The van der Waals surface area contributed by atoms with Gasteiger partial charge in [0.15, 0.2) is 5.13 Å². The van der Waals surface area contributed by atoms with Crippen molar-refractivity contribution in [1.82, 2.24) is 20.1 Å². The van der Waals surface area contributed by atoms with E-state index in [0.29, 0.717) is 5.13 Å². The molecule has 118 valence electrons. The number of thiazole rings is 1. The molecule has 0 aliphatic carbocycles. The number of aromatic amines is 1. The van der Waals surface area contributed by atoms with Crippen molar-refractivity contribution in [3.63, 3.8) is 0 Å². The maximum absolute atomic E-state index is 12.6. The number of carbonyl (C=O) groups excluding carboxylic acids is 1. The van der Waals surface area contributed by atoms with Gasteiger partial charge in [-0.2, -0.15) is 5.10 Å². The van der Waals surface area contributed by atoms with Gasteiger partial charge in [0.1, 0.15) is 0 Å².